The molecule has 2 N–H and O–H groups in total. The highest BCUT2D eigenvalue weighted by atomic mass is 16.1. The molecule has 1 unspecified atom stereocenters. The third-order valence-electron chi connectivity index (χ3n) is 3.68. The van der Waals surface area contributed by atoms with Crippen molar-refractivity contribution in [3.8, 4) is 0 Å². The van der Waals surface area contributed by atoms with Crippen molar-refractivity contribution < 1.29 is 4.79 Å². The van der Waals surface area contributed by atoms with Crippen LogP contribution in [0.4, 0.5) is 0 Å². The maximum Gasteiger partial charge on any atom is 0.220 e. The molecule has 1 amide bonds. The lowest BCUT2D eigenvalue weighted by molar-refractivity contribution is -0.123. The van der Waals surface area contributed by atoms with Gasteiger partial charge >= 0.3 is 0 Å². The van der Waals surface area contributed by atoms with Crippen LogP contribution < -0.4 is 5.73 Å². The minimum absolute atomic E-state index is 0.0908. The molecule has 0 aromatic rings. The van der Waals surface area contributed by atoms with Gasteiger partial charge in [-0.1, -0.05) is 20.3 Å². The maximum atomic E-state index is 11.0. The topological polar surface area (TPSA) is 43.1 Å². The first kappa shape index (κ1) is 11.5. The largest absolute Gasteiger partial charge is 0.369 e. The lowest BCUT2D eigenvalue weighted by Gasteiger charge is -2.28. The van der Waals surface area contributed by atoms with Gasteiger partial charge in [-0.05, 0) is 43.9 Å². The fourth-order valence-corrected chi connectivity index (χ4v) is 2.42. The molecule has 0 heterocycles. The average Bonchev–Trinajstić information content (AvgIpc) is 2.18. The van der Waals surface area contributed by atoms with Crippen LogP contribution in [0, 0.1) is 17.8 Å². The van der Waals surface area contributed by atoms with Crippen molar-refractivity contribution in [2.24, 2.45) is 23.5 Å². The Morgan fingerprint density at radius 3 is 2.36 bits per heavy atom. The van der Waals surface area contributed by atoms with E-state index in [4.69, 9.17) is 5.73 Å². The molecule has 0 bridgehead atoms. The van der Waals surface area contributed by atoms with Crippen LogP contribution in [0.1, 0.15) is 52.4 Å². The molecular formula is C12H23NO. The van der Waals surface area contributed by atoms with Gasteiger partial charge in [0, 0.05) is 5.92 Å². The predicted octanol–water partition coefficient (Wildman–Crippen LogP) is 2.71. The van der Waals surface area contributed by atoms with E-state index in [2.05, 4.69) is 13.8 Å². The summed E-state index contributed by atoms with van der Waals surface area (Å²) in [6, 6.07) is 0. The SMILES string of the molecule is CCC(C)C[C@H]1CC[C@H](C(N)=O)CC1. The lowest BCUT2D eigenvalue weighted by Crippen LogP contribution is -2.28. The predicted molar refractivity (Wildman–Crippen MR) is 58.7 cm³/mol. The quantitative estimate of drug-likeness (QED) is 0.740. The molecule has 1 atom stereocenters. The third kappa shape index (κ3) is 3.32. The van der Waals surface area contributed by atoms with E-state index in [1.54, 1.807) is 0 Å². The van der Waals surface area contributed by atoms with Crippen molar-refractivity contribution in [2.75, 3.05) is 0 Å². The number of primary amides is 1. The van der Waals surface area contributed by atoms with Gasteiger partial charge in [-0.3, -0.25) is 4.79 Å². The molecule has 2 heteroatoms. The zero-order valence-electron chi connectivity index (χ0n) is 9.46. The fourth-order valence-electron chi connectivity index (χ4n) is 2.42. The highest BCUT2D eigenvalue weighted by molar-refractivity contribution is 5.76. The highest BCUT2D eigenvalue weighted by Gasteiger charge is 2.25. The second-order valence-corrected chi connectivity index (χ2v) is 4.87. The van der Waals surface area contributed by atoms with Crippen LogP contribution in [0.15, 0.2) is 0 Å². The highest BCUT2D eigenvalue weighted by Crippen LogP contribution is 2.32. The number of nitrogens with two attached hydrogens (primary N) is 1. The molecule has 14 heavy (non-hydrogen) atoms. The smallest absolute Gasteiger partial charge is 0.220 e. The Bertz CT molecular complexity index is 183. The maximum absolute atomic E-state index is 11.0. The van der Waals surface area contributed by atoms with Crippen molar-refractivity contribution in [3.63, 3.8) is 0 Å². The number of amides is 1. The molecule has 82 valence electrons. The van der Waals surface area contributed by atoms with Gasteiger partial charge in [0.2, 0.25) is 5.91 Å². The van der Waals surface area contributed by atoms with E-state index in [0.717, 1.165) is 24.7 Å². The van der Waals surface area contributed by atoms with E-state index in [1.165, 1.54) is 25.7 Å². The molecule has 1 fully saturated rings. The number of hydrogen-bond donors (Lipinski definition) is 1. The average molecular weight is 197 g/mol. The van der Waals surface area contributed by atoms with Crippen LogP contribution >= 0.6 is 0 Å². The van der Waals surface area contributed by atoms with Crippen molar-refractivity contribution >= 4 is 5.91 Å². The van der Waals surface area contributed by atoms with E-state index in [9.17, 15) is 4.79 Å². The van der Waals surface area contributed by atoms with E-state index < -0.39 is 0 Å². The lowest BCUT2D eigenvalue weighted by atomic mass is 9.78. The molecule has 0 saturated heterocycles. The minimum atomic E-state index is -0.0908. The summed E-state index contributed by atoms with van der Waals surface area (Å²) in [5.74, 6) is 1.76. The molecule has 1 saturated carbocycles. The Morgan fingerprint density at radius 2 is 1.93 bits per heavy atom. The van der Waals surface area contributed by atoms with Crippen molar-refractivity contribution in [3.05, 3.63) is 0 Å². The van der Waals surface area contributed by atoms with E-state index >= 15 is 0 Å². The number of rotatable bonds is 4. The Hall–Kier alpha value is -0.530. The van der Waals surface area contributed by atoms with Gasteiger partial charge in [0.15, 0.2) is 0 Å². The first-order chi connectivity index (χ1) is 6.63. The summed E-state index contributed by atoms with van der Waals surface area (Å²) in [5, 5.41) is 0. The van der Waals surface area contributed by atoms with Crippen molar-refractivity contribution in [1.82, 2.24) is 0 Å². The Labute approximate surface area is 87.2 Å². The molecule has 0 aromatic heterocycles. The normalized spacial score (nSPS) is 29.9. The molecule has 1 aliphatic rings. The Balaban J connectivity index is 2.25. The second kappa shape index (κ2) is 5.38. The Kier molecular flexibility index (Phi) is 4.43. The standard InChI is InChI=1S/C12H23NO/c1-3-9(2)8-10-4-6-11(7-5-10)12(13)14/h9-11H,3-8H2,1-2H3,(H2,13,14)/t9?,10-,11-. The van der Waals surface area contributed by atoms with Gasteiger partial charge in [-0.2, -0.15) is 0 Å². The molecule has 1 rings (SSSR count). The van der Waals surface area contributed by atoms with Crippen LogP contribution in [-0.2, 0) is 4.79 Å². The van der Waals surface area contributed by atoms with Gasteiger partial charge in [-0.25, -0.2) is 0 Å². The number of carbonyl (C=O) groups is 1. The fraction of sp³-hybridized carbons (Fsp3) is 0.917. The van der Waals surface area contributed by atoms with Crippen molar-refractivity contribution in [1.29, 1.82) is 0 Å². The van der Waals surface area contributed by atoms with Crippen LogP contribution in [0.2, 0.25) is 0 Å². The molecule has 0 aliphatic heterocycles. The molecule has 0 radical (unpaired) electrons. The van der Waals surface area contributed by atoms with Crippen molar-refractivity contribution in [2.45, 2.75) is 52.4 Å². The first-order valence-electron chi connectivity index (χ1n) is 5.92. The Morgan fingerprint density at radius 1 is 1.36 bits per heavy atom. The molecular weight excluding hydrogens is 174 g/mol. The van der Waals surface area contributed by atoms with Gasteiger partial charge in [0.05, 0.1) is 0 Å². The first-order valence-corrected chi connectivity index (χ1v) is 5.92. The third-order valence-corrected chi connectivity index (χ3v) is 3.68. The van der Waals surface area contributed by atoms with E-state index in [0.29, 0.717) is 0 Å². The van der Waals surface area contributed by atoms with Crippen LogP contribution in [0.5, 0.6) is 0 Å². The van der Waals surface area contributed by atoms with Gasteiger partial charge in [0.1, 0.15) is 0 Å². The summed E-state index contributed by atoms with van der Waals surface area (Å²) in [6.45, 7) is 4.57. The minimum Gasteiger partial charge on any atom is -0.369 e. The summed E-state index contributed by atoms with van der Waals surface area (Å²) in [6.07, 6.45) is 7.07. The van der Waals surface area contributed by atoms with Crippen LogP contribution in [0.25, 0.3) is 0 Å². The van der Waals surface area contributed by atoms with E-state index in [1.807, 2.05) is 0 Å². The number of hydrogen-bond acceptors (Lipinski definition) is 1. The summed E-state index contributed by atoms with van der Waals surface area (Å²) >= 11 is 0. The summed E-state index contributed by atoms with van der Waals surface area (Å²) < 4.78 is 0. The second-order valence-electron chi connectivity index (χ2n) is 4.87. The molecule has 0 spiro atoms. The zero-order chi connectivity index (χ0) is 10.6. The van der Waals surface area contributed by atoms with Crippen LogP contribution in [0.3, 0.4) is 0 Å². The van der Waals surface area contributed by atoms with Gasteiger partial charge < -0.3 is 5.73 Å². The summed E-state index contributed by atoms with van der Waals surface area (Å²) in [4.78, 5) is 11.0. The molecule has 0 aromatic carbocycles. The van der Waals surface area contributed by atoms with Gasteiger partial charge in [0.25, 0.3) is 0 Å². The summed E-state index contributed by atoms with van der Waals surface area (Å²) in [7, 11) is 0. The van der Waals surface area contributed by atoms with Crippen LogP contribution in [-0.4, -0.2) is 5.91 Å². The zero-order valence-corrected chi connectivity index (χ0v) is 9.46. The van der Waals surface area contributed by atoms with E-state index in [-0.39, 0.29) is 11.8 Å². The number of carbonyl (C=O) groups excluding carboxylic acids is 1. The summed E-state index contributed by atoms with van der Waals surface area (Å²) in [5.41, 5.74) is 5.30. The van der Waals surface area contributed by atoms with Gasteiger partial charge in [-0.15, -0.1) is 0 Å². The molecule has 2 nitrogen and oxygen atoms in total. The monoisotopic (exact) mass is 197 g/mol. The molecule has 1 aliphatic carbocycles.